The van der Waals surface area contributed by atoms with Crippen LogP contribution in [0.2, 0.25) is 0 Å². The van der Waals surface area contributed by atoms with Crippen molar-refractivity contribution in [2.24, 2.45) is 5.73 Å². The number of hydrogen-bond donors (Lipinski definition) is 1. The molecule has 6 heteroatoms. The lowest BCUT2D eigenvalue weighted by molar-refractivity contribution is 0.0208. The Labute approximate surface area is 104 Å². The minimum absolute atomic E-state index is 0.195. The lowest BCUT2D eigenvalue weighted by Crippen LogP contribution is -2.43. The fourth-order valence-electron chi connectivity index (χ4n) is 1.88. The zero-order chi connectivity index (χ0) is 12.9. The zero-order valence-corrected chi connectivity index (χ0v) is 11.6. The van der Waals surface area contributed by atoms with Crippen LogP contribution in [0.1, 0.15) is 33.1 Å². The maximum atomic E-state index is 11.9. The van der Waals surface area contributed by atoms with Crippen molar-refractivity contribution >= 4 is 10.0 Å². The summed E-state index contributed by atoms with van der Waals surface area (Å²) < 4.78 is 31.1. The number of sulfonamides is 1. The van der Waals surface area contributed by atoms with E-state index in [4.69, 9.17) is 10.5 Å². The van der Waals surface area contributed by atoms with Gasteiger partial charge in [0.15, 0.2) is 0 Å². The zero-order valence-electron chi connectivity index (χ0n) is 10.8. The van der Waals surface area contributed by atoms with Crippen molar-refractivity contribution < 1.29 is 13.2 Å². The van der Waals surface area contributed by atoms with Gasteiger partial charge in [-0.15, -0.1) is 0 Å². The minimum Gasteiger partial charge on any atom is -0.378 e. The second kappa shape index (κ2) is 6.68. The topological polar surface area (TPSA) is 72.6 Å². The van der Waals surface area contributed by atoms with Gasteiger partial charge in [-0.25, -0.2) is 12.7 Å². The molecule has 0 aromatic heterocycles. The summed E-state index contributed by atoms with van der Waals surface area (Å²) in [7, 11) is -3.09. The predicted molar refractivity (Wildman–Crippen MR) is 68.3 cm³/mol. The average Bonchev–Trinajstić information content (AvgIpc) is 2.30. The number of rotatable bonds is 6. The summed E-state index contributed by atoms with van der Waals surface area (Å²) in [5.74, 6) is 0. The molecule has 1 rings (SSSR count). The van der Waals surface area contributed by atoms with E-state index < -0.39 is 10.0 Å². The molecule has 1 aliphatic rings. The Morgan fingerprint density at radius 3 is 2.41 bits per heavy atom. The fraction of sp³-hybridized carbons (Fsp3) is 1.00. The van der Waals surface area contributed by atoms with Gasteiger partial charge in [-0.1, -0.05) is 0 Å². The summed E-state index contributed by atoms with van der Waals surface area (Å²) in [5, 5.41) is -0.336. The lowest BCUT2D eigenvalue weighted by Gasteiger charge is -2.32. The van der Waals surface area contributed by atoms with Crippen LogP contribution >= 0.6 is 0 Å². The fourth-order valence-corrected chi connectivity index (χ4v) is 3.20. The van der Waals surface area contributed by atoms with E-state index in [1.165, 1.54) is 0 Å². The van der Waals surface area contributed by atoms with E-state index in [2.05, 4.69) is 0 Å². The van der Waals surface area contributed by atoms with E-state index in [1.807, 2.05) is 0 Å². The molecule has 5 nitrogen and oxygen atoms in total. The van der Waals surface area contributed by atoms with Gasteiger partial charge in [0.1, 0.15) is 0 Å². The molecule has 1 saturated heterocycles. The molecule has 2 N–H and O–H groups in total. The maximum absolute atomic E-state index is 11.9. The number of ether oxygens (including phenoxy) is 1. The highest BCUT2D eigenvalue weighted by Crippen LogP contribution is 2.19. The van der Waals surface area contributed by atoms with Gasteiger partial charge in [-0.3, -0.25) is 0 Å². The van der Waals surface area contributed by atoms with E-state index in [0.29, 0.717) is 26.2 Å². The highest BCUT2D eigenvalue weighted by Gasteiger charge is 2.30. The summed E-state index contributed by atoms with van der Waals surface area (Å²) >= 11 is 0. The van der Waals surface area contributed by atoms with Crippen LogP contribution in [0.15, 0.2) is 0 Å². The smallest absolute Gasteiger partial charge is 0.216 e. The van der Waals surface area contributed by atoms with Crippen LogP contribution < -0.4 is 5.73 Å². The average molecular weight is 264 g/mol. The largest absolute Gasteiger partial charge is 0.378 e. The summed E-state index contributed by atoms with van der Waals surface area (Å²) in [6.45, 7) is 5.92. The molecule has 17 heavy (non-hydrogen) atoms. The molecule has 0 atom stereocenters. The first-order valence-corrected chi connectivity index (χ1v) is 7.79. The van der Waals surface area contributed by atoms with Crippen LogP contribution in [0.4, 0.5) is 0 Å². The molecule has 1 aliphatic heterocycles. The third-order valence-corrected chi connectivity index (χ3v) is 5.33. The molecule has 0 spiro atoms. The van der Waals surface area contributed by atoms with Crippen molar-refractivity contribution in [3.63, 3.8) is 0 Å². The van der Waals surface area contributed by atoms with Crippen molar-refractivity contribution in [3.8, 4) is 0 Å². The van der Waals surface area contributed by atoms with Crippen LogP contribution in [0, 0.1) is 0 Å². The Morgan fingerprint density at radius 1 is 1.35 bits per heavy atom. The number of hydrogen-bond acceptors (Lipinski definition) is 4. The summed E-state index contributed by atoms with van der Waals surface area (Å²) in [6.07, 6.45) is 2.64. The van der Waals surface area contributed by atoms with Gasteiger partial charge in [0, 0.05) is 19.7 Å². The molecule has 0 aromatic rings. The highest BCUT2D eigenvalue weighted by atomic mass is 32.2. The maximum Gasteiger partial charge on any atom is 0.216 e. The van der Waals surface area contributed by atoms with E-state index in [-0.39, 0.29) is 11.4 Å². The minimum atomic E-state index is -3.09. The third kappa shape index (κ3) is 4.21. The number of nitrogens with zero attached hydrogens (tertiary/aromatic N) is 1. The number of piperidine rings is 1. The van der Waals surface area contributed by atoms with Gasteiger partial charge < -0.3 is 10.5 Å². The molecule has 0 saturated carbocycles. The van der Waals surface area contributed by atoms with E-state index >= 15 is 0 Å². The summed E-state index contributed by atoms with van der Waals surface area (Å²) in [4.78, 5) is 0. The first-order valence-electron chi connectivity index (χ1n) is 6.29. The van der Waals surface area contributed by atoms with Gasteiger partial charge in [-0.05, 0) is 39.7 Å². The van der Waals surface area contributed by atoms with Crippen LogP contribution in [-0.4, -0.2) is 50.3 Å². The monoisotopic (exact) mass is 264 g/mol. The normalized spacial score (nSPS) is 20.0. The first-order chi connectivity index (χ1) is 7.98. The molecule has 0 aromatic carbocycles. The Bertz CT molecular complexity index is 309. The highest BCUT2D eigenvalue weighted by molar-refractivity contribution is 7.89. The van der Waals surface area contributed by atoms with Crippen LogP contribution in [-0.2, 0) is 14.8 Å². The predicted octanol–water partition coefficient (Wildman–Crippen LogP) is 0.554. The number of nitrogens with two attached hydrogens (primary N) is 1. The molecular weight excluding hydrogens is 240 g/mol. The van der Waals surface area contributed by atoms with E-state index in [0.717, 1.165) is 19.3 Å². The van der Waals surface area contributed by atoms with E-state index in [1.54, 1.807) is 18.2 Å². The molecule has 1 fully saturated rings. The molecule has 102 valence electrons. The third-order valence-electron chi connectivity index (χ3n) is 3.06. The van der Waals surface area contributed by atoms with Crippen molar-refractivity contribution in [1.29, 1.82) is 0 Å². The molecular formula is C11H24N2O3S. The second-order valence-electron chi connectivity index (χ2n) is 4.71. The Kier molecular flexibility index (Phi) is 5.85. The molecule has 0 radical (unpaired) electrons. The van der Waals surface area contributed by atoms with E-state index in [9.17, 15) is 8.42 Å². The second-order valence-corrected chi connectivity index (χ2v) is 7.19. The van der Waals surface area contributed by atoms with Gasteiger partial charge in [0.05, 0.1) is 11.4 Å². The van der Waals surface area contributed by atoms with Crippen LogP contribution in [0.3, 0.4) is 0 Å². The van der Waals surface area contributed by atoms with Crippen LogP contribution in [0.5, 0.6) is 0 Å². The lowest BCUT2D eigenvalue weighted by atomic mass is 10.1. The summed E-state index contributed by atoms with van der Waals surface area (Å²) in [6, 6.07) is 0. The van der Waals surface area contributed by atoms with Gasteiger partial charge in [0.25, 0.3) is 0 Å². The Balaban J connectivity index is 2.36. The van der Waals surface area contributed by atoms with Crippen LogP contribution in [0.25, 0.3) is 0 Å². The molecule has 0 aliphatic carbocycles. The Hall–Kier alpha value is -0.170. The van der Waals surface area contributed by atoms with Crippen molar-refractivity contribution in [2.45, 2.75) is 44.5 Å². The standard InChI is InChI=1S/C11H24N2O3S/c1-10(2)17(14,15)13-7-4-11(5-8-13)16-9-3-6-12/h10-11H,3-9,12H2,1-2H3. The van der Waals surface area contributed by atoms with Gasteiger partial charge >= 0.3 is 0 Å². The van der Waals surface area contributed by atoms with Gasteiger partial charge in [-0.2, -0.15) is 0 Å². The quantitative estimate of drug-likeness (QED) is 0.711. The molecule has 0 bridgehead atoms. The molecule has 0 unspecified atom stereocenters. The van der Waals surface area contributed by atoms with Crippen molar-refractivity contribution in [3.05, 3.63) is 0 Å². The SMILES string of the molecule is CC(C)S(=O)(=O)N1CCC(OCCCN)CC1. The van der Waals surface area contributed by atoms with Crippen molar-refractivity contribution in [1.82, 2.24) is 4.31 Å². The molecule has 1 heterocycles. The first kappa shape index (κ1) is 14.9. The summed E-state index contributed by atoms with van der Waals surface area (Å²) in [5.41, 5.74) is 5.39. The Morgan fingerprint density at radius 2 is 1.94 bits per heavy atom. The van der Waals surface area contributed by atoms with Crippen molar-refractivity contribution in [2.75, 3.05) is 26.2 Å². The van der Waals surface area contributed by atoms with Gasteiger partial charge in [0.2, 0.25) is 10.0 Å². The molecule has 0 amide bonds.